The number of aromatic nitrogens is 4. The fraction of sp³-hybridized carbons (Fsp3) is 0.571. The first-order valence-electron chi connectivity index (χ1n) is 10.6. The molecular weight excluding hydrogens is 398 g/mol. The highest BCUT2D eigenvalue weighted by atomic mass is 16.3. The number of hydrogen-bond acceptors (Lipinski definition) is 7. The van der Waals surface area contributed by atoms with Gasteiger partial charge in [-0.15, -0.1) is 0 Å². The van der Waals surface area contributed by atoms with Crippen LogP contribution in [0.3, 0.4) is 0 Å². The van der Waals surface area contributed by atoms with Crippen LogP contribution in [0.4, 0.5) is 0 Å². The summed E-state index contributed by atoms with van der Waals surface area (Å²) >= 11 is 0. The summed E-state index contributed by atoms with van der Waals surface area (Å²) in [6.45, 7) is 5.26. The molecule has 4 rings (SSSR count). The van der Waals surface area contributed by atoms with Gasteiger partial charge in [-0.25, -0.2) is 9.97 Å². The fourth-order valence-corrected chi connectivity index (χ4v) is 4.21. The first kappa shape index (κ1) is 21.4. The Morgan fingerprint density at radius 1 is 1.32 bits per heavy atom. The number of aliphatic hydroxyl groups is 1. The highest BCUT2D eigenvalue weighted by molar-refractivity contribution is 5.92. The van der Waals surface area contributed by atoms with Gasteiger partial charge in [0.1, 0.15) is 12.0 Å². The van der Waals surface area contributed by atoms with Crippen LogP contribution < -0.4 is 5.32 Å². The maximum atomic E-state index is 12.5. The monoisotopic (exact) mass is 427 g/mol. The van der Waals surface area contributed by atoms with Crippen molar-refractivity contribution < 1.29 is 14.7 Å². The summed E-state index contributed by atoms with van der Waals surface area (Å²) in [4.78, 5) is 36.1. The van der Waals surface area contributed by atoms with Gasteiger partial charge in [-0.3, -0.25) is 19.2 Å². The molecule has 2 aliphatic rings. The third-order valence-electron chi connectivity index (χ3n) is 5.87. The van der Waals surface area contributed by atoms with E-state index in [-0.39, 0.29) is 24.1 Å². The smallest absolute Gasteiger partial charge is 0.270 e. The molecule has 4 heterocycles. The first-order chi connectivity index (χ1) is 14.9. The number of rotatable bonds is 7. The van der Waals surface area contributed by atoms with Crippen molar-refractivity contribution in [2.24, 2.45) is 13.0 Å². The Morgan fingerprint density at radius 2 is 2.13 bits per heavy atom. The normalized spacial score (nSPS) is 17.7. The zero-order valence-corrected chi connectivity index (χ0v) is 18.0. The third-order valence-corrected chi connectivity index (χ3v) is 5.87. The molecule has 2 amide bonds. The Bertz CT molecular complexity index is 954. The van der Waals surface area contributed by atoms with E-state index in [1.54, 1.807) is 17.9 Å². The van der Waals surface area contributed by atoms with E-state index in [0.29, 0.717) is 18.9 Å². The van der Waals surface area contributed by atoms with Crippen molar-refractivity contribution in [1.29, 1.82) is 0 Å². The molecule has 0 unspecified atom stereocenters. The molecule has 0 saturated carbocycles. The quantitative estimate of drug-likeness (QED) is 0.605. The largest absolute Gasteiger partial charge is 0.390 e. The molecule has 10 heteroatoms. The number of fused-ring (bicyclic) bond motifs is 1. The van der Waals surface area contributed by atoms with Gasteiger partial charge in [-0.05, 0) is 18.4 Å². The molecular formula is C21H29N7O3. The maximum absolute atomic E-state index is 12.5. The van der Waals surface area contributed by atoms with Crippen LogP contribution >= 0.6 is 0 Å². The molecule has 10 nitrogen and oxygen atoms in total. The van der Waals surface area contributed by atoms with Crippen molar-refractivity contribution in [3.63, 3.8) is 0 Å². The highest BCUT2D eigenvalue weighted by Gasteiger charge is 2.29. The zero-order valence-electron chi connectivity index (χ0n) is 18.0. The molecule has 2 aromatic heterocycles. The number of hydrogen-bond donors (Lipinski definition) is 2. The Kier molecular flexibility index (Phi) is 6.28. The van der Waals surface area contributed by atoms with E-state index < -0.39 is 6.10 Å². The molecule has 0 aliphatic carbocycles. The van der Waals surface area contributed by atoms with Crippen LogP contribution in [0.15, 0.2) is 18.6 Å². The molecule has 2 N–H and O–H groups in total. The Balaban J connectivity index is 1.23. The summed E-state index contributed by atoms with van der Waals surface area (Å²) in [5.74, 6) is 0.124. The van der Waals surface area contributed by atoms with Gasteiger partial charge in [0.15, 0.2) is 0 Å². The number of β-amino-alcohol motifs (C(OH)–C–C–N with tert-alkyl or cyclic N) is 1. The number of nitrogens with one attached hydrogen (secondary N) is 1. The average molecular weight is 428 g/mol. The van der Waals surface area contributed by atoms with Crippen molar-refractivity contribution in [1.82, 2.24) is 34.9 Å². The number of likely N-dealkylation sites (tertiary alicyclic amines) is 1. The first-order valence-corrected chi connectivity index (χ1v) is 10.6. The minimum absolute atomic E-state index is 0.0861. The fourth-order valence-electron chi connectivity index (χ4n) is 4.21. The SMILES string of the molecule is CC(=O)N1CC(Cc2cc(C(=O)NC[C@H](O)CN3CCc4nn(C)cc4C3)ncn2)C1. The van der Waals surface area contributed by atoms with Gasteiger partial charge < -0.3 is 15.3 Å². The Hall–Kier alpha value is -2.85. The predicted molar refractivity (Wildman–Crippen MR) is 112 cm³/mol. The van der Waals surface area contributed by atoms with Crippen LogP contribution in [-0.2, 0) is 31.2 Å². The van der Waals surface area contributed by atoms with E-state index in [1.807, 2.05) is 17.9 Å². The lowest BCUT2D eigenvalue weighted by Crippen LogP contribution is -2.49. The lowest BCUT2D eigenvalue weighted by molar-refractivity contribution is -0.134. The lowest BCUT2D eigenvalue weighted by Gasteiger charge is -2.38. The highest BCUT2D eigenvalue weighted by Crippen LogP contribution is 2.20. The summed E-state index contributed by atoms with van der Waals surface area (Å²) in [5.41, 5.74) is 3.39. The lowest BCUT2D eigenvalue weighted by atomic mass is 9.94. The van der Waals surface area contributed by atoms with E-state index >= 15 is 0 Å². The van der Waals surface area contributed by atoms with E-state index in [0.717, 1.165) is 44.0 Å². The molecule has 1 saturated heterocycles. The van der Waals surface area contributed by atoms with Crippen LogP contribution in [0.25, 0.3) is 0 Å². The van der Waals surface area contributed by atoms with E-state index in [2.05, 4.69) is 25.3 Å². The van der Waals surface area contributed by atoms with Gasteiger partial charge in [0.25, 0.3) is 5.91 Å². The number of amides is 2. The average Bonchev–Trinajstić information content (AvgIpc) is 3.07. The van der Waals surface area contributed by atoms with Crippen LogP contribution in [0, 0.1) is 5.92 Å². The van der Waals surface area contributed by atoms with Gasteiger partial charge in [0, 0.05) is 77.1 Å². The minimum atomic E-state index is -0.670. The maximum Gasteiger partial charge on any atom is 0.270 e. The molecule has 0 spiro atoms. The van der Waals surface area contributed by atoms with Crippen LogP contribution in [0.5, 0.6) is 0 Å². The standard InChI is InChI=1S/C21H29N7O3/c1-14(29)28-8-15(9-28)5-17-6-20(24-13-23-17)21(31)22-7-18(30)12-27-4-3-19-16(11-27)10-26(2)25-19/h6,10,13,15,18,30H,3-5,7-9,11-12H2,1-2H3,(H,22,31)/t18-/m0/s1. The number of aliphatic hydroxyl groups excluding tert-OH is 1. The summed E-state index contributed by atoms with van der Waals surface area (Å²) in [6, 6.07) is 1.69. The van der Waals surface area contributed by atoms with Crippen molar-refractivity contribution >= 4 is 11.8 Å². The molecule has 1 atom stereocenters. The minimum Gasteiger partial charge on any atom is -0.390 e. The Labute approximate surface area is 181 Å². The molecule has 2 aliphatic heterocycles. The van der Waals surface area contributed by atoms with Crippen LogP contribution in [0.2, 0.25) is 0 Å². The van der Waals surface area contributed by atoms with Crippen LogP contribution in [0.1, 0.15) is 34.4 Å². The van der Waals surface area contributed by atoms with Gasteiger partial charge in [-0.2, -0.15) is 5.10 Å². The predicted octanol–water partition coefficient (Wildman–Crippen LogP) is -0.620. The summed E-state index contributed by atoms with van der Waals surface area (Å²) in [5, 5.41) is 17.6. The van der Waals surface area contributed by atoms with Crippen molar-refractivity contribution in [3.05, 3.63) is 41.2 Å². The summed E-state index contributed by atoms with van der Waals surface area (Å²) in [6.07, 6.45) is 4.31. The van der Waals surface area contributed by atoms with Gasteiger partial charge >= 0.3 is 0 Å². The molecule has 2 aromatic rings. The number of aryl methyl sites for hydroxylation is 1. The van der Waals surface area contributed by atoms with E-state index in [9.17, 15) is 14.7 Å². The molecule has 0 aromatic carbocycles. The molecule has 0 radical (unpaired) electrons. The third kappa shape index (κ3) is 5.26. The summed E-state index contributed by atoms with van der Waals surface area (Å²) in [7, 11) is 1.92. The van der Waals surface area contributed by atoms with Gasteiger partial charge in [0.05, 0.1) is 11.8 Å². The second-order valence-electron chi connectivity index (χ2n) is 8.51. The number of nitrogens with zero attached hydrogens (tertiary/aromatic N) is 6. The molecule has 1 fully saturated rings. The second-order valence-corrected chi connectivity index (χ2v) is 8.51. The van der Waals surface area contributed by atoms with Crippen molar-refractivity contribution in [3.8, 4) is 0 Å². The molecule has 31 heavy (non-hydrogen) atoms. The van der Waals surface area contributed by atoms with E-state index in [4.69, 9.17) is 0 Å². The number of carbonyl (C=O) groups excluding carboxylic acids is 2. The summed E-state index contributed by atoms with van der Waals surface area (Å²) < 4.78 is 1.82. The molecule has 0 bridgehead atoms. The van der Waals surface area contributed by atoms with Crippen LogP contribution in [-0.4, -0.2) is 85.3 Å². The second kappa shape index (κ2) is 9.11. The number of carbonyl (C=O) groups is 2. The van der Waals surface area contributed by atoms with Crippen molar-refractivity contribution in [2.75, 3.05) is 32.7 Å². The van der Waals surface area contributed by atoms with Gasteiger partial charge in [-0.1, -0.05) is 0 Å². The van der Waals surface area contributed by atoms with Crippen molar-refractivity contribution in [2.45, 2.75) is 32.4 Å². The van der Waals surface area contributed by atoms with Gasteiger partial charge in [0.2, 0.25) is 5.91 Å². The Morgan fingerprint density at radius 3 is 2.90 bits per heavy atom. The molecule has 166 valence electrons. The topological polar surface area (TPSA) is 116 Å². The zero-order chi connectivity index (χ0) is 22.0. The van der Waals surface area contributed by atoms with E-state index in [1.165, 1.54) is 11.9 Å².